The summed E-state index contributed by atoms with van der Waals surface area (Å²) in [4.78, 5) is 38.0. The molecule has 0 aliphatic carbocycles. The minimum absolute atomic E-state index is 0.116. The predicted molar refractivity (Wildman–Crippen MR) is 83.9 cm³/mol. The maximum atomic E-state index is 12.2. The summed E-state index contributed by atoms with van der Waals surface area (Å²) in [6.45, 7) is 3.60. The van der Waals surface area contributed by atoms with Gasteiger partial charge in [-0.3, -0.25) is 19.3 Å². The summed E-state index contributed by atoms with van der Waals surface area (Å²) in [5.74, 6) is -0.166. The van der Waals surface area contributed by atoms with E-state index in [0.29, 0.717) is 0 Å². The quantitative estimate of drug-likeness (QED) is 0.535. The van der Waals surface area contributed by atoms with E-state index in [1.54, 1.807) is 4.90 Å². The Hall–Kier alpha value is -1.65. The normalized spacial score (nSPS) is 19.3. The fourth-order valence-corrected chi connectivity index (χ4v) is 3.15. The lowest BCUT2D eigenvalue weighted by Gasteiger charge is -2.32. The van der Waals surface area contributed by atoms with E-state index in [1.165, 1.54) is 44.3 Å². The van der Waals surface area contributed by atoms with Crippen molar-refractivity contribution in [2.24, 2.45) is 5.92 Å². The molecule has 5 nitrogen and oxygen atoms in total. The van der Waals surface area contributed by atoms with Crippen LogP contribution >= 0.6 is 0 Å². The Balaban J connectivity index is 1.69. The highest BCUT2D eigenvalue weighted by atomic mass is 16.2. The van der Waals surface area contributed by atoms with Crippen LogP contribution in [0.15, 0.2) is 12.2 Å². The van der Waals surface area contributed by atoms with Crippen LogP contribution in [-0.2, 0) is 14.4 Å². The van der Waals surface area contributed by atoms with Gasteiger partial charge in [0.15, 0.2) is 0 Å². The Labute approximate surface area is 132 Å². The Morgan fingerprint density at radius 1 is 1.09 bits per heavy atom. The molecule has 2 aliphatic rings. The summed E-state index contributed by atoms with van der Waals surface area (Å²) in [6, 6.07) is 0. The number of hydrogen-bond donors (Lipinski definition) is 0. The molecule has 5 heteroatoms. The van der Waals surface area contributed by atoms with Crippen LogP contribution in [0.3, 0.4) is 0 Å². The van der Waals surface area contributed by atoms with Crippen LogP contribution in [0.4, 0.5) is 0 Å². The summed E-state index contributed by atoms with van der Waals surface area (Å²) in [6.07, 6.45) is 10.9. The lowest BCUT2D eigenvalue weighted by Crippen LogP contribution is -2.45. The molecule has 22 heavy (non-hydrogen) atoms. The molecule has 0 N–H and O–H groups in total. The minimum atomic E-state index is -0.385. The van der Waals surface area contributed by atoms with Gasteiger partial charge in [0.2, 0.25) is 5.91 Å². The molecule has 2 heterocycles. The molecule has 1 fully saturated rings. The highest BCUT2D eigenvalue weighted by molar-refractivity contribution is 6.14. The van der Waals surface area contributed by atoms with Crippen LogP contribution in [0.2, 0.25) is 0 Å². The molecule has 0 aromatic heterocycles. The Morgan fingerprint density at radius 2 is 1.73 bits per heavy atom. The van der Waals surface area contributed by atoms with Gasteiger partial charge in [-0.2, -0.15) is 0 Å². The Kier molecular flexibility index (Phi) is 6.16. The maximum Gasteiger partial charge on any atom is 0.254 e. The van der Waals surface area contributed by atoms with E-state index < -0.39 is 0 Å². The molecule has 0 aromatic rings. The van der Waals surface area contributed by atoms with Crippen LogP contribution in [0.1, 0.15) is 51.9 Å². The molecular weight excluding hydrogens is 280 g/mol. The molecule has 1 saturated heterocycles. The monoisotopic (exact) mass is 306 g/mol. The second-order valence-electron chi connectivity index (χ2n) is 6.27. The zero-order valence-corrected chi connectivity index (χ0v) is 13.4. The first-order valence-corrected chi connectivity index (χ1v) is 8.43. The Morgan fingerprint density at radius 3 is 2.32 bits per heavy atom. The van der Waals surface area contributed by atoms with Gasteiger partial charge in [-0.15, -0.1) is 0 Å². The van der Waals surface area contributed by atoms with E-state index in [1.807, 2.05) is 0 Å². The molecule has 0 radical (unpaired) electrons. The van der Waals surface area contributed by atoms with Crippen LogP contribution in [0.25, 0.3) is 0 Å². The van der Waals surface area contributed by atoms with Crippen molar-refractivity contribution in [2.45, 2.75) is 51.9 Å². The van der Waals surface area contributed by atoms with Gasteiger partial charge in [-0.1, -0.05) is 39.0 Å². The maximum absolute atomic E-state index is 12.2. The summed E-state index contributed by atoms with van der Waals surface area (Å²) in [7, 11) is 0. The third-order valence-corrected chi connectivity index (χ3v) is 4.63. The second kappa shape index (κ2) is 8.11. The molecule has 3 amide bonds. The summed E-state index contributed by atoms with van der Waals surface area (Å²) in [5.41, 5.74) is 0. The first-order valence-electron chi connectivity index (χ1n) is 8.43. The zero-order valence-electron chi connectivity index (χ0n) is 13.4. The molecule has 122 valence electrons. The highest BCUT2D eigenvalue weighted by Crippen LogP contribution is 2.23. The van der Waals surface area contributed by atoms with Crippen LogP contribution < -0.4 is 0 Å². The summed E-state index contributed by atoms with van der Waals surface area (Å²) >= 11 is 0. The largest absolute Gasteiger partial charge is 0.341 e. The zero-order chi connectivity index (χ0) is 15.9. The van der Waals surface area contributed by atoms with Crippen LogP contribution in [0.5, 0.6) is 0 Å². The van der Waals surface area contributed by atoms with Crippen LogP contribution in [0, 0.1) is 5.92 Å². The minimum Gasteiger partial charge on any atom is -0.341 e. The van der Waals surface area contributed by atoms with Gasteiger partial charge in [0.05, 0.1) is 0 Å². The van der Waals surface area contributed by atoms with Crippen molar-refractivity contribution in [1.82, 2.24) is 9.80 Å². The average Bonchev–Trinajstić information content (AvgIpc) is 2.84. The van der Waals surface area contributed by atoms with Gasteiger partial charge in [-0.05, 0) is 18.8 Å². The number of imide groups is 1. The summed E-state index contributed by atoms with van der Waals surface area (Å²) < 4.78 is 0. The third-order valence-electron chi connectivity index (χ3n) is 4.63. The molecule has 0 aromatic carbocycles. The second-order valence-corrected chi connectivity index (χ2v) is 6.27. The van der Waals surface area contributed by atoms with Gasteiger partial charge in [-0.25, -0.2) is 0 Å². The number of nitrogens with zero attached hydrogens (tertiary/aromatic N) is 2. The lowest BCUT2D eigenvalue weighted by molar-refractivity contribution is -0.145. The van der Waals surface area contributed by atoms with Crippen molar-refractivity contribution >= 4 is 17.7 Å². The van der Waals surface area contributed by atoms with E-state index in [0.717, 1.165) is 36.7 Å². The highest BCUT2D eigenvalue weighted by Gasteiger charge is 2.29. The standard InChI is InChI=1S/C17H26N2O3/c1-2-3-4-5-6-14-9-11-18(12-10-14)17(22)13-19-15(20)7-8-16(19)21/h7-8,14H,2-6,9-13H2,1H3. The smallest absolute Gasteiger partial charge is 0.254 e. The van der Waals surface area contributed by atoms with E-state index in [4.69, 9.17) is 0 Å². The number of unbranched alkanes of at least 4 members (excludes halogenated alkanes) is 3. The van der Waals surface area contributed by atoms with Crippen molar-refractivity contribution in [3.05, 3.63) is 12.2 Å². The Bertz CT molecular complexity index is 433. The number of carbonyl (C=O) groups is 3. The lowest BCUT2D eigenvalue weighted by atomic mass is 9.91. The van der Waals surface area contributed by atoms with Gasteiger partial charge in [0.25, 0.3) is 11.8 Å². The van der Waals surface area contributed by atoms with Gasteiger partial charge < -0.3 is 4.90 Å². The van der Waals surface area contributed by atoms with Crippen molar-refractivity contribution < 1.29 is 14.4 Å². The molecular formula is C17H26N2O3. The van der Waals surface area contributed by atoms with Crippen molar-refractivity contribution in [2.75, 3.05) is 19.6 Å². The number of rotatable bonds is 7. The van der Waals surface area contributed by atoms with E-state index >= 15 is 0 Å². The average molecular weight is 306 g/mol. The molecule has 0 atom stereocenters. The fraction of sp³-hybridized carbons (Fsp3) is 0.706. The van der Waals surface area contributed by atoms with Gasteiger partial charge in [0.1, 0.15) is 6.54 Å². The summed E-state index contributed by atoms with van der Waals surface area (Å²) in [5, 5.41) is 0. The molecule has 0 spiro atoms. The topological polar surface area (TPSA) is 57.7 Å². The first kappa shape index (κ1) is 16.7. The SMILES string of the molecule is CCCCCCC1CCN(C(=O)CN2C(=O)C=CC2=O)CC1. The third kappa shape index (κ3) is 4.42. The molecule has 2 rings (SSSR count). The molecule has 0 unspecified atom stereocenters. The molecule has 0 saturated carbocycles. The van der Waals surface area contributed by atoms with Crippen molar-refractivity contribution in [3.8, 4) is 0 Å². The van der Waals surface area contributed by atoms with Crippen molar-refractivity contribution in [1.29, 1.82) is 0 Å². The molecule has 0 bridgehead atoms. The number of amides is 3. The number of carbonyl (C=O) groups excluding carboxylic acids is 3. The van der Waals surface area contributed by atoms with E-state index in [-0.39, 0.29) is 24.3 Å². The predicted octanol–water partition coefficient (Wildman–Crippen LogP) is 2.12. The fourth-order valence-electron chi connectivity index (χ4n) is 3.15. The van der Waals surface area contributed by atoms with Gasteiger partial charge in [0, 0.05) is 25.2 Å². The number of hydrogen-bond acceptors (Lipinski definition) is 3. The number of piperidine rings is 1. The van der Waals surface area contributed by atoms with E-state index in [9.17, 15) is 14.4 Å². The van der Waals surface area contributed by atoms with Crippen molar-refractivity contribution in [3.63, 3.8) is 0 Å². The first-order chi connectivity index (χ1) is 10.6. The molecule has 2 aliphatic heterocycles. The van der Waals surface area contributed by atoms with Crippen LogP contribution in [-0.4, -0.2) is 47.2 Å². The number of likely N-dealkylation sites (tertiary alicyclic amines) is 1. The van der Waals surface area contributed by atoms with Gasteiger partial charge >= 0.3 is 0 Å². The van der Waals surface area contributed by atoms with E-state index in [2.05, 4.69) is 6.92 Å².